The van der Waals surface area contributed by atoms with Crippen molar-refractivity contribution in [1.29, 1.82) is 0 Å². The highest BCUT2D eigenvalue weighted by molar-refractivity contribution is 7.89. The molecule has 1 N–H and O–H groups in total. The van der Waals surface area contributed by atoms with Crippen LogP contribution in [0.15, 0.2) is 59.5 Å². The third-order valence-corrected chi connectivity index (χ3v) is 5.88. The number of hydrogen-bond donors (Lipinski definition) is 1. The van der Waals surface area contributed by atoms with Gasteiger partial charge >= 0.3 is 0 Å². The fraction of sp³-hybridized carbons (Fsp3) is 0.333. The van der Waals surface area contributed by atoms with Crippen molar-refractivity contribution in [3.8, 4) is 0 Å². The van der Waals surface area contributed by atoms with Crippen LogP contribution in [0.5, 0.6) is 0 Å². The smallest absolute Gasteiger partial charge is 0.207 e. The Hall–Kier alpha value is -1.91. The Morgan fingerprint density at radius 1 is 1.04 bits per heavy atom. The van der Waals surface area contributed by atoms with E-state index in [9.17, 15) is 8.42 Å². The zero-order valence-electron chi connectivity index (χ0n) is 15.4. The molecule has 0 aliphatic heterocycles. The minimum Gasteiger partial charge on any atom is -0.207 e. The second kappa shape index (κ2) is 8.45. The largest absolute Gasteiger partial charge is 0.241 e. The van der Waals surface area contributed by atoms with E-state index in [1.807, 2.05) is 82.3 Å². The van der Waals surface area contributed by atoms with E-state index in [0.29, 0.717) is 11.3 Å². The predicted molar refractivity (Wildman–Crippen MR) is 104 cm³/mol. The number of sulfonamides is 1. The highest BCUT2D eigenvalue weighted by atomic mass is 32.2. The molecule has 0 amide bonds. The Balaban J connectivity index is 2.32. The Morgan fingerprint density at radius 3 is 2.20 bits per heavy atom. The SMILES string of the molecule is CC/C=C/[C@H](Cc1ccccc1)NS(=O)(=O)c1c(C)cc(C)cc1C. The first-order valence-corrected chi connectivity index (χ1v) is 10.1. The van der Waals surface area contributed by atoms with Crippen molar-refractivity contribution in [3.63, 3.8) is 0 Å². The lowest BCUT2D eigenvalue weighted by Crippen LogP contribution is -2.35. The van der Waals surface area contributed by atoms with Crippen molar-refractivity contribution in [1.82, 2.24) is 4.72 Å². The molecule has 0 bridgehead atoms. The molecule has 0 unspecified atom stereocenters. The van der Waals surface area contributed by atoms with Crippen LogP contribution in [0.4, 0.5) is 0 Å². The van der Waals surface area contributed by atoms with Gasteiger partial charge in [0.2, 0.25) is 10.0 Å². The second-order valence-electron chi connectivity index (χ2n) is 6.48. The highest BCUT2D eigenvalue weighted by Gasteiger charge is 2.23. The van der Waals surface area contributed by atoms with E-state index in [1.54, 1.807) is 0 Å². The molecule has 25 heavy (non-hydrogen) atoms. The number of hydrogen-bond acceptors (Lipinski definition) is 2. The van der Waals surface area contributed by atoms with Gasteiger partial charge in [0.05, 0.1) is 4.90 Å². The Bertz CT molecular complexity index is 816. The van der Waals surface area contributed by atoms with Gasteiger partial charge in [-0.25, -0.2) is 13.1 Å². The summed E-state index contributed by atoms with van der Waals surface area (Å²) in [4.78, 5) is 0.390. The van der Waals surface area contributed by atoms with E-state index < -0.39 is 10.0 Å². The van der Waals surface area contributed by atoms with Crippen LogP contribution in [-0.2, 0) is 16.4 Å². The molecule has 2 rings (SSSR count). The van der Waals surface area contributed by atoms with Crippen molar-refractivity contribution in [2.45, 2.75) is 51.5 Å². The third-order valence-electron chi connectivity index (χ3n) is 4.08. The summed E-state index contributed by atoms with van der Waals surface area (Å²) in [6.07, 6.45) is 5.45. The summed E-state index contributed by atoms with van der Waals surface area (Å²) >= 11 is 0. The first kappa shape index (κ1) is 19.4. The van der Waals surface area contributed by atoms with E-state index in [2.05, 4.69) is 4.72 Å². The van der Waals surface area contributed by atoms with Crippen molar-refractivity contribution in [3.05, 3.63) is 76.9 Å². The van der Waals surface area contributed by atoms with E-state index >= 15 is 0 Å². The van der Waals surface area contributed by atoms with Gasteiger partial charge in [0.15, 0.2) is 0 Å². The molecule has 3 nitrogen and oxygen atoms in total. The van der Waals surface area contributed by atoms with Crippen LogP contribution in [0.2, 0.25) is 0 Å². The van der Waals surface area contributed by atoms with Gasteiger partial charge in [-0.2, -0.15) is 0 Å². The molecular weight excluding hydrogens is 330 g/mol. The molecule has 0 aliphatic carbocycles. The van der Waals surface area contributed by atoms with Crippen LogP contribution in [0.3, 0.4) is 0 Å². The van der Waals surface area contributed by atoms with Crippen molar-refractivity contribution in [2.24, 2.45) is 0 Å². The molecule has 0 aliphatic rings. The molecule has 4 heteroatoms. The van der Waals surface area contributed by atoms with Crippen LogP contribution in [0, 0.1) is 20.8 Å². The van der Waals surface area contributed by atoms with Crippen LogP contribution in [0.25, 0.3) is 0 Å². The maximum absolute atomic E-state index is 13.0. The van der Waals surface area contributed by atoms with Crippen molar-refractivity contribution >= 4 is 10.0 Å². The van der Waals surface area contributed by atoms with Gasteiger partial charge in [-0.3, -0.25) is 0 Å². The number of allylic oxidation sites excluding steroid dienone is 1. The summed E-state index contributed by atoms with van der Waals surface area (Å²) in [7, 11) is -3.59. The summed E-state index contributed by atoms with van der Waals surface area (Å²) in [6, 6.07) is 13.5. The van der Waals surface area contributed by atoms with Crippen LogP contribution in [-0.4, -0.2) is 14.5 Å². The lowest BCUT2D eigenvalue weighted by molar-refractivity contribution is 0.568. The molecule has 2 aromatic rings. The van der Waals surface area contributed by atoms with Gasteiger partial charge in [-0.1, -0.05) is 67.1 Å². The molecule has 0 fully saturated rings. The molecule has 0 aromatic heterocycles. The quantitative estimate of drug-likeness (QED) is 0.743. The molecule has 0 radical (unpaired) electrons. The minimum absolute atomic E-state index is 0.271. The van der Waals surface area contributed by atoms with Gasteiger partial charge in [-0.15, -0.1) is 0 Å². The van der Waals surface area contributed by atoms with Crippen molar-refractivity contribution in [2.75, 3.05) is 0 Å². The summed E-state index contributed by atoms with van der Waals surface area (Å²) in [5.41, 5.74) is 3.74. The average molecular weight is 358 g/mol. The lowest BCUT2D eigenvalue weighted by atomic mass is 10.1. The second-order valence-corrected chi connectivity index (χ2v) is 8.13. The van der Waals surface area contributed by atoms with E-state index in [0.717, 1.165) is 28.7 Å². The van der Waals surface area contributed by atoms with Gasteiger partial charge < -0.3 is 0 Å². The van der Waals surface area contributed by atoms with Crippen LogP contribution in [0.1, 0.15) is 35.6 Å². The first-order valence-electron chi connectivity index (χ1n) is 8.64. The van der Waals surface area contributed by atoms with Gasteiger partial charge in [-0.05, 0) is 50.3 Å². The number of nitrogens with one attached hydrogen (secondary N) is 1. The van der Waals surface area contributed by atoms with Crippen molar-refractivity contribution < 1.29 is 8.42 Å². The maximum atomic E-state index is 13.0. The minimum atomic E-state index is -3.59. The highest BCUT2D eigenvalue weighted by Crippen LogP contribution is 2.22. The molecular formula is C21H27NO2S. The molecule has 134 valence electrons. The Morgan fingerprint density at radius 2 is 1.64 bits per heavy atom. The topological polar surface area (TPSA) is 46.2 Å². The standard InChI is InChI=1S/C21H27NO2S/c1-5-6-12-20(15-19-10-8-7-9-11-19)22-25(23,24)21-17(3)13-16(2)14-18(21)4/h6-14,20,22H,5,15H2,1-4H3/b12-6+/t20-/m1/s1. The first-order chi connectivity index (χ1) is 11.8. The molecule has 2 aromatic carbocycles. The van der Waals surface area contributed by atoms with E-state index in [-0.39, 0.29) is 6.04 Å². The van der Waals surface area contributed by atoms with E-state index in [1.165, 1.54) is 0 Å². The van der Waals surface area contributed by atoms with E-state index in [4.69, 9.17) is 0 Å². The summed E-state index contributed by atoms with van der Waals surface area (Å²) in [5, 5.41) is 0. The zero-order chi connectivity index (χ0) is 18.4. The van der Waals surface area contributed by atoms with Gasteiger partial charge in [0.1, 0.15) is 0 Å². The Kier molecular flexibility index (Phi) is 6.57. The molecule has 0 saturated carbocycles. The monoisotopic (exact) mass is 357 g/mol. The van der Waals surface area contributed by atoms with Gasteiger partial charge in [0.25, 0.3) is 0 Å². The van der Waals surface area contributed by atoms with Crippen LogP contribution >= 0.6 is 0 Å². The number of rotatable bonds is 7. The maximum Gasteiger partial charge on any atom is 0.241 e. The summed E-state index contributed by atoms with van der Waals surface area (Å²) in [6.45, 7) is 7.72. The molecule has 0 heterocycles. The molecule has 0 spiro atoms. The summed E-state index contributed by atoms with van der Waals surface area (Å²) < 4.78 is 28.9. The van der Waals surface area contributed by atoms with Gasteiger partial charge in [0, 0.05) is 6.04 Å². The lowest BCUT2D eigenvalue weighted by Gasteiger charge is -2.18. The zero-order valence-corrected chi connectivity index (χ0v) is 16.2. The predicted octanol–water partition coefficient (Wildman–Crippen LogP) is 4.47. The third kappa shape index (κ3) is 5.28. The summed E-state index contributed by atoms with van der Waals surface area (Å²) in [5.74, 6) is 0. The van der Waals surface area contributed by atoms with Crippen LogP contribution < -0.4 is 4.72 Å². The fourth-order valence-electron chi connectivity index (χ4n) is 3.17. The molecule has 1 atom stereocenters. The average Bonchev–Trinajstić information content (AvgIpc) is 2.52. The normalized spacial score (nSPS) is 13.3. The number of aryl methyl sites for hydroxylation is 3. The fourth-order valence-corrected chi connectivity index (χ4v) is 4.81. The molecule has 0 saturated heterocycles. The number of benzene rings is 2. The Labute approximate surface area is 151 Å².